The first kappa shape index (κ1) is 23.5. The molecule has 0 amide bonds. The average Bonchev–Trinajstić information content (AvgIpc) is 2.87. The van der Waals surface area contributed by atoms with Gasteiger partial charge < -0.3 is 29.4 Å². The van der Waals surface area contributed by atoms with Crippen molar-refractivity contribution in [3.63, 3.8) is 0 Å². The van der Waals surface area contributed by atoms with E-state index in [9.17, 15) is 10.1 Å². The summed E-state index contributed by atoms with van der Waals surface area (Å²) in [6.07, 6.45) is 0. The summed E-state index contributed by atoms with van der Waals surface area (Å²) in [6, 6.07) is 18.0. The Labute approximate surface area is 203 Å². The second kappa shape index (κ2) is 9.69. The Hall–Kier alpha value is -4.64. The van der Waals surface area contributed by atoms with Crippen molar-refractivity contribution in [3.05, 3.63) is 88.3 Å². The SMILES string of the molecule is COc1cc(C(=O)Oc2ccc3c(c2)OC(N)=C(C#N)C3c2ccc(C)cc2)cc(OC)c1OC. The number of ether oxygens (including phenoxy) is 5. The standard InChI is InChI=1S/C27H24N2O6/c1-15-5-7-16(8-6-15)24-19-10-9-18(13-21(19)35-26(29)20(24)14-28)34-27(30)17-11-22(31-2)25(33-4)23(12-17)32-3/h5-13,24H,29H2,1-4H3. The zero-order valence-corrected chi connectivity index (χ0v) is 19.7. The van der Waals surface area contributed by atoms with Gasteiger partial charge in [0.1, 0.15) is 23.1 Å². The minimum absolute atomic E-state index is 0.0127. The van der Waals surface area contributed by atoms with Gasteiger partial charge in [-0.25, -0.2) is 4.79 Å². The molecule has 0 radical (unpaired) electrons. The van der Waals surface area contributed by atoms with Gasteiger partial charge in [-0.3, -0.25) is 0 Å². The number of fused-ring (bicyclic) bond motifs is 1. The van der Waals surface area contributed by atoms with Gasteiger partial charge in [-0.15, -0.1) is 0 Å². The molecule has 8 heteroatoms. The van der Waals surface area contributed by atoms with Gasteiger partial charge in [0.25, 0.3) is 0 Å². The highest BCUT2D eigenvalue weighted by atomic mass is 16.5. The molecule has 0 fully saturated rings. The molecule has 0 aromatic heterocycles. The predicted octanol–water partition coefficient (Wildman–Crippen LogP) is 4.46. The van der Waals surface area contributed by atoms with Crippen LogP contribution in [0.4, 0.5) is 0 Å². The number of esters is 1. The zero-order valence-electron chi connectivity index (χ0n) is 19.7. The van der Waals surface area contributed by atoms with Crippen molar-refractivity contribution in [1.29, 1.82) is 5.26 Å². The number of hydrogen-bond acceptors (Lipinski definition) is 8. The molecule has 1 unspecified atom stereocenters. The first-order valence-electron chi connectivity index (χ1n) is 10.7. The van der Waals surface area contributed by atoms with E-state index < -0.39 is 11.9 Å². The molecule has 8 nitrogen and oxygen atoms in total. The molecule has 35 heavy (non-hydrogen) atoms. The second-order valence-corrected chi connectivity index (χ2v) is 7.84. The number of methoxy groups -OCH3 is 3. The predicted molar refractivity (Wildman–Crippen MR) is 128 cm³/mol. The van der Waals surface area contributed by atoms with Gasteiger partial charge in [0.2, 0.25) is 11.6 Å². The van der Waals surface area contributed by atoms with Gasteiger partial charge in [0, 0.05) is 11.6 Å². The fraction of sp³-hybridized carbons (Fsp3) is 0.185. The molecule has 3 aromatic rings. The van der Waals surface area contributed by atoms with Crippen LogP contribution in [0.2, 0.25) is 0 Å². The van der Waals surface area contributed by atoms with Crippen LogP contribution in [0.5, 0.6) is 28.7 Å². The number of rotatable bonds is 6. The summed E-state index contributed by atoms with van der Waals surface area (Å²) in [5.74, 6) is 0.664. The van der Waals surface area contributed by atoms with E-state index in [-0.39, 0.29) is 17.2 Å². The van der Waals surface area contributed by atoms with E-state index in [4.69, 9.17) is 29.4 Å². The normalized spacial score (nSPS) is 14.3. The van der Waals surface area contributed by atoms with Crippen LogP contribution >= 0.6 is 0 Å². The van der Waals surface area contributed by atoms with Gasteiger partial charge in [-0.1, -0.05) is 35.9 Å². The maximum absolute atomic E-state index is 12.9. The fourth-order valence-corrected chi connectivity index (χ4v) is 3.97. The number of carbonyl (C=O) groups excluding carboxylic acids is 1. The number of allylic oxidation sites excluding steroid dienone is 1. The Morgan fingerprint density at radius 2 is 1.63 bits per heavy atom. The van der Waals surface area contributed by atoms with Crippen molar-refractivity contribution < 1.29 is 28.5 Å². The number of nitrogens with zero attached hydrogens (tertiary/aromatic N) is 1. The Bertz CT molecular complexity index is 1330. The molecule has 2 N–H and O–H groups in total. The van der Waals surface area contributed by atoms with Crippen molar-refractivity contribution in [1.82, 2.24) is 0 Å². The summed E-state index contributed by atoms with van der Waals surface area (Å²) < 4.78 is 27.2. The van der Waals surface area contributed by atoms with E-state index >= 15 is 0 Å². The van der Waals surface area contributed by atoms with Crippen LogP contribution in [0, 0.1) is 18.3 Å². The molecule has 178 valence electrons. The summed E-state index contributed by atoms with van der Waals surface area (Å²) >= 11 is 0. The average molecular weight is 472 g/mol. The summed E-state index contributed by atoms with van der Waals surface area (Å²) in [7, 11) is 4.41. The molecular formula is C27H24N2O6. The van der Waals surface area contributed by atoms with E-state index in [1.54, 1.807) is 18.2 Å². The van der Waals surface area contributed by atoms with Gasteiger partial charge in [0.15, 0.2) is 11.5 Å². The lowest BCUT2D eigenvalue weighted by Crippen LogP contribution is -2.21. The van der Waals surface area contributed by atoms with Crippen LogP contribution in [0.3, 0.4) is 0 Å². The van der Waals surface area contributed by atoms with Crippen LogP contribution in [0.15, 0.2) is 66.1 Å². The third-order valence-electron chi connectivity index (χ3n) is 5.71. The molecule has 4 rings (SSSR count). The van der Waals surface area contributed by atoms with E-state index in [0.29, 0.717) is 28.6 Å². The summed E-state index contributed by atoms with van der Waals surface area (Å²) in [6.45, 7) is 1.99. The second-order valence-electron chi connectivity index (χ2n) is 7.84. The lowest BCUT2D eigenvalue weighted by molar-refractivity contribution is 0.0733. The molecule has 1 aliphatic rings. The molecule has 3 aromatic carbocycles. The van der Waals surface area contributed by atoms with E-state index in [1.165, 1.54) is 33.5 Å². The number of carbonyl (C=O) groups is 1. The van der Waals surface area contributed by atoms with Crippen LogP contribution in [-0.2, 0) is 0 Å². The van der Waals surface area contributed by atoms with Crippen molar-refractivity contribution in [2.45, 2.75) is 12.8 Å². The van der Waals surface area contributed by atoms with Crippen molar-refractivity contribution in [3.8, 4) is 34.8 Å². The quantitative estimate of drug-likeness (QED) is 0.413. The minimum atomic E-state index is -0.628. The largest absolute Gasteiger partial charge is 0.493 e. The highest BCUT2D eigenvalue weighted by Crippen LogP contribution is 2.44. The highest BCUT2D eigenvalue weighted by Gasteiger charge is 2.31. The van der Waals surface area contributed by atoms with Crippen molar-refractivity contribution >= 4 is 5.97 Å². The first-order chi connectivity index (χ1) is 16.9. The maximum Gasteiger partial charge on any atom is 0.343 e. The topological polar surface area (TPSA) is 113 Å². The molecule has 0 saturated carbocycles. The van der Waals surface area contributed by atoms with E-state index in [0.717, 1.165) is 16.7 Å². The summed E-state index contributed by atoms with van der Waals surface area (Å²) in [5, 5.41) is 9.73. The Balaban J connectivity index is 1.67. The Morgan fingerprint density at radius 1 is 0.971 bits per heavy atom. The summed E-state index contributed by atoms with van der Waals surface area (Å²) in [5.41, 5.74) is 9.37. The molecule has 0 spiro atoms. The minimum Gasteiger partial charge on any atom is -0.493 e. The smallest absolute Gasteiger partial charge is 0.343 e. The maximum atomic E-state index is 12.9. The first-order valence-corrected chi connectivity index (χ1v) is 10.7. The third-order valence-corrected chi connectivity index (χ3v) is 5.71. The monoisotopic (exact) mass is 472 g/mol. The highest BCUT2D eigenvalue weighted by molar-refractivity contribution is 5.92. The molecule has 0 saturated heterocycles. The number of nitriles is 1. The van der Waals surface area contributed by atoms with Crippen molar-refractivity contribution in [2.75, 3.05) is 21.3 Å². The van der Waals surface area contributed by atoms with E-state index in [2.05, 4.69) is 6.07 Å². The molecule has 1 atom stereocenters. The van der Waals surface area contributed by atoms with Crippen LogP contribution in [0.1, 0.15) is 33.0 Å². The fourth-order valence-electron chi connectivity index (χ4n) is 3.97. The van der Waals surface area contributed by atoms with Crippen molar-refractivity contribution in [2.24, 2.45) is 5.73 Å². The molecule has 1 aliphatic heterocycles. The lowest BCUT2D eigenvalue weighted by Gasteiger charge is -2.26. The van der Waals surface area contributed by atoms with Gasteiger partial charge >= 0.3 is 5.97 Å². The number of hydrogen-bond donors (Lipinski definition) is 1. The van der Waals surface area contributed by atoms with E-state index in [1.807, 2.05) is 31.2 Å². The lowest BCUT2D eigenvalue weighted by atomic mass is 9.83. The number of benzene rings is 3. The Kier molecular flexibility index (Phi) is 6.51. The zero-order chi connectivity index (χ0) is 25.1. The Morgan fingerprint density at radius 3 is 2.20 bits per heavy atom. The van der Waals surface area contributed by atoms with Crippen LogP contribution in [0.25, 0.3) is 0 Å². The third kappa shape index (κ3) is 4.44. The number of nitrogens with two attached hydrogens (primary N) is 1. The van der Waals surface area contributed by atoms with Gasteiger partial charge in [0.05, 0.1) is 32.8 Å². The van der Waals surface area contributed by atoms with Crippen LogP contribution < -0.4 is 29.4 Å². The van der Waals surface area contributed by atoms with Gasteiger partial charge in [-0.2, -0.15) is 5.26 Å². The molecule has 0 aliphatic carbocycles. The van der Waals surface area contributed by atoms with Crippen LogP contribution in [-0.4, -0.2) is 27.3 Å². The molecular weight excluding hydrogens is 448 g/mol. The summed E-state index contributed by atoms with van der Waals surface area (Å²) in [4.78, 5) is 12.9. The van der Waals surface area contributed by atoms with Gasteiger partial charge in [-0.05, 0) is 30.7 Å². The molecule has 0 bridgehead atoms. The number of aryl methyl sites for hydroxylation is 1. The molecule has 1 heterocycles.